The zero-order valence-electron chi connectivity index (χ0n) is 18.1. The Morgan fingerprint density at radius 2 is 1.53 bits per heavy atom. The van der Waals surface area contributed by atoms with Crippen molar-refractivity contribution in [3.8, 4) is 11.4 Å². The Labute approximate surface area is 194 Å². The van der Waals surface area contributed by atoms with Gasteiger partial charge in [-0.05, 0) is 48.5 Å². The van der Waals surface area contributed by atoms with Crippen molar-refractivity contribution < 1.29 is 13.5 Å². The van der Waals surface area contributed by atoms with Crippen molar-refractivity contribution in [1.82, 2.24) is 19.9 Å². The maximum atomic E-state index is 14.1. The fraction of sp³-hybridized carbons (Fsp3) is 0.167. The van der Waals surface area contributed by atoms with Crippen LogP contribution in [-0.4, -0.2) is 46.2 Å². The average molecular weight is 461 g/mol. The summed E-state index contributed by atoms with van der Waals surface area (Å²) in [5.74, 6) is 0.0516. The van der Waals surface area contributed by atoms with Gasteiger partial charge >= 0.3 is 0 Å². The summed E-state index contributed by atoms with van der Waals surface area (Å²) in [5.41, 5.74) is 2.10. The predicted octanol–water partition coefficient (Wildman–Crippen LogP) is 4.54. The number of hydrogen-bond acceptors (Lipinski definition) is 8. The molecule has 0 atom stereocenters. The molecule has 34 heavy (non-hydrogen) atoms. The Balaban J connectivity index is 1.28. The predicted molar refractivity (Wildman–Crippen MR) is 125 cm³/mol. The minimum atomic E-state index is -0.731. The van der Waals surface area contributed by atoms with Gasteiger partial charge in [-0.25, -0.2) is 23.7 Å². The molecule has 5 rings (SSSR count). The standard InChI is InChI=1S/C24H21F2N7O/c25-16-1-6-19(20(26)15-16)23-27-9-7-21(31-23)30-22-8-10-28-24(32-22)29-17-2-4-18(5-3-17)33-11-13-34-14-12-33/h1-10,15H,11-14H2,(H2,27,28,29,30,31,32). The number of ether oxygens (including phenoxy) is 1. The topological polar surface area (TPSA) is 88.1 Å². The summed E-state index contributed by atoms with van der Waals surface area (Å²) in [6.45, 7) is 3.23. The van der Waals surface area contributed by atoms with Gasteiger partial charge in [0.25, 0.3) is 0 Å². The highest BCUT2D eigenvalue weighted by Crippen LogP contribution is 2.23. The van der Waals surface area contributed by atoms with Gasteiger partial charge in [0.1, 0.15) is 23.3 Å². The van der Waals surface area contributed by atoms with Crippen molar-refractivity contribution in [2.75, 3.05) is 41.8 Å². The summed E-state index contributed by atoms with van der Waals surface area (Å²) < 4.78 is 32.7. The molecule has 0 spiro atoms. The minimum Gasteiger partial charge on any atom is -0.378 e. The van der Waals surface area contributed by atoms with Gasteiger partial charge in [-0.15, -0.1) is 0 Å². The van der Waals surface area contributed by atoms with Crippen molar-refractivity contribution in [3.05, 3.63) is 78.6 Å². The number of rotatable bonds is 6. The van der Waals surface area contributed by atoms with Crippen LogP contribution in [0.1, 0.15) is 0 Å². The second kappa shape index (κ2) is 9.75. The van der Waals surface area contributed by atoms with Gasteiger partial charge in [0.15, 0.2) is 5.82 Å². The molecule has 2 aromatic heterocycles. The van der Waals surface area contributed by atoms with E-state index in [1.54, 1.807) is 18.3 Å². The van der Waals surface area contributed by atoms with E-state index < -0.39 is 11.6 Å². The number of aromatic nitrogens is 4. The highest BCUT2D eigenvalue weighted by Gasteiger charge is 2.12. The lowest BCUT2D eigenvalue weighted by molar-refractivity contribution is 0.122. The second-order valence-corrected chi connectivity index (χ2v) is 7.55. The van der Waals surface area contributed by atoms with Crippen LogP contribution in [0.2, 0.25) is 0 Å². The van der Waals surface area contributed by atoms with Crippen LogP contribution in [0.15, 0.2) is 67.0 Å². The molecule has 0 aliphatic carbocycles. The number of hydrogen-bond donors (Lipinski definition) is 2. The third kappa shape index (κ3) is 5.07. The first kappa shape index (κ1) is 21.7. The van der Waals surface area contributed by atoms with E-state index in [4.69, 9.17) is 4.74 Å². The molecule has 1 fully saturated rings. The molecule has 2 aromatic carbocycles. The van der Waals surface area contributed by atoms with Gasteiger partial charge in [-0.2, -0.15) is 4.98 Å². The van der Waals surface area contributed by atoms with E-state index in [0.717, 1.165) is 49.8 Å². The third-order valence-corrected chi connectivity index (χ3v) is 5.24. The molecule has 0 radical (unpaired) electrons. The van der Waals surface area contributed by atoms with Crippen molar-refractivity contribution in [2.45, 2.75) is 0 Å². The monoisotopic (exact) mass is 461 g/mol. The quantitative estimate of drug-likeness (QED) is 0.433. The SMILES string of the molecule is Fc1ccc(-c2nccc(Nc3ccnc(Nc4ccc(N5CCOCC5)cc4)n3)n2)c(F)c1. The molecule has 1 aliphatic rings. The maximum absolute atomic E-state index is 14.1. The van der Waals surface area contributed by atoms with Crippen LogP contribution in [0, 0.1) is 11.6 Å². The Morgan fingerprint density at radius 3 is 2.29 bits per heavy atom. The maximum Gasteiger partial charge on any atom is 0.229 e. The van der Waals surface area contributed by atoms with Gasteiger partial charge in [0.05, 0.1) is 18.8 Å². The van der Waals surface area contributed by atoms with E-state index in [0.29, 0.717) is 17.6 Å². The number of benzene rings is 2. The van der Waals surface area contributed by atoms with E-state index in [1.807, 2.05) is 24.3 Å². The summed E-state index contributed by atoms with van der Waals surface area (Å²) in [5, 5.41) is 6.25. The molecule has 8 nitrogen and oxygen atoms in total. The summed E-state index contributed by atoms with van der Waals surface area (Å²) in [6.07, 6.45) is 3.10. The number of nitrogens with zero attached hydrogens (tertiary/aromatic N) is 5. The molecule has 1 aliphatic heterocycles. The molecule has 10 heteroatoms. The van der Waals surface area contributed by atoms with Gasteiger partial charge < -0.3 is 20.3 Å². The van der Waals surface area contributed by atoms with E-state index in [-0.39, 0.29) is 11.4 Å². The highest BCUT2D eigenvalue weighted by atomic mass is 19.1. The largest absolute Gasteiger partial charge is 0.378 e. The lowest BCUT2D eigenvalue weighted by Gasteiger charge is -2.28. The van der Waals surface area contributed by atoms with E-state index in [2.05, 4.69) is 35.5 Å². The van der Waals surface area contributed by atoms with Crippen LogP contribution in [0.25, 0.3) is 11.4 Å². The third-order valence-electron chi connectivity index (χ3n) is 5.24. The summed E-state index contributed by atoms with van der Waals surface area (Å²) in [7, 11) is 0. The fourth-order valence-electron chi connectivity index (χ4n) is 3.55. The van der Waals surface area contributed by atoms with E-state index >= 15 is 0 Å². The zero-order chi connectivity index (χ0) is 23.3. The first-order valence-corrected chi connectivity index (χ1v) is 10.7. The van der Waals surface area contributed by atoms with Crippen molar-refractivity contribution in [2.24, 2.45) is 0 Å². The first-order valence-electron chi connectivity index (χ1n) is 10.7. The fourth-order valence-corrected chi connectivity index (χ4v) is 3.55. The average Bonchev–Trinajstić information content (AvgIpc) is 2.85. The number of halogens is 2. The zero-order valence-corrected chi connectivity index (χ0v) is 18.1. The Morgan fingerprint density at radius 1 is 0.794 bits per heavy atom. The van der Waals surface area contributed by atoms with Crippen LogP contribution >= 0.6 is 0 Å². The normalized spacial score (nSPS) is 13.5. The molecule has 0 bridgehead atoms. The van der Waals surface area contributed by atoms with Crippen LogP contribution in [0.4, 0.5) is 37.7 Å². The Kier molecular flexibility index (Phi) is 6.21. The van der Waals surface area contributed by atoms with Gasteiger partial charge in [-0.1, -0.05) is 0 Å². The molecule has 1 saturated heterocycles. The molecule has 0 saturated carbocycles. The molecule has 0 amide bonds. The Hall–Kier alpha value is -4.18. The van der Waals surface area contributed by atoms with E-state index in [9.17, 15) is 8.78 Å². The van der Waals surface area contributed by atoms with E-state index in [1.165, 1.54) is 12.3 Å². The van der Waals surface area contributed by atoms with Gasteiger partial charge in [0.2, 0.25) is 5.95 Å². The molecule has 0 unspecified atom stereocenters. The second-order valence-electron chi connectivity index (χ2n) is 7.55. The molecule has 4 aromatic rings. The lowest BCUT2D eigenvalue weighted by Crippen LogP contribution is -2.36. The minimum absolute atomic E-state index is 0.107. The van der Waals surface area contributed by atoms with Crippen molar-refractivity contribution in [3.63, 3.8) is 0 Å². The molecule has 3 heterocycles. The molecule has 172 valence electrons. The van der Waals surface area contributed by atoms with Crippen molar-refractivity contribution >= 4 is 29.0 Å². The number of morpholine rings is 1. The number of anilines is 5. The summed E-state index contributed by atoms with van der Waals surface area (Å²) in [4.78, 5) is 19.4. The lowest BCUT2D eigenvalue weighted by atomic mass is 10.2. The van der Waals surface area contributed by atoms with Crippen LogP contribution in [0.3, 0.4) is 0 Å². The Bertz CT molecular complexity index is 1280. The summed E-state index contributed by atoms with van der Waals surface area (Å²) in [6, 6.07) is 14.6. The van der Waals surface area contributed by atoms with Gasteiger partial charge in [-0.3, -0.25) is 0 Å². The first-order chi connectivity index (χ1) is 16.6. The molecular weight excluding hydrogens is 440 g/mol. The highest BCUT2D eigenvalue weighted by molar-refractivity contribution is 5.62. The van der Waals surface area contributed by atoms with Crippen molar-refractivity contribution in [1.29, 1.82) is 0 Å². The molecule has 2 N–H and O–H groups in total. The summed E-state index contributed by atoms with van der Waals surface area (Å²) >= 11 is 0. The van der Waals surface area contributed by atoms with Gasteiger partial charge in [0, 0.05) is 42.9 Å². The smallest absolute Gasteiger partial charge is 0.229 e. The molecular formula is C24H21F2N7O. The number of nitrogens with one attached hydrogen (secondary N) is 2. The van der Waals surface area contributed by atoms with Crippen LogP contribution in [-0.2, 0) is 4.74 Å². The van der Waals surface area contributed by atoms with Crippen LogP contribution in [0.5, 0.6) is 0 Å². The van der Waals surface area contributed by atoms with Crippen LogP contribution < -0.4 is 15.5 Å².